The average molecular weight is 337 g/mol. The number of likely N-dealkylation sites (N-methyl/N-ethyl adjacent to an activating group) is 1. The van der Waals surface area contributed by atoms with Gasteiger partial charge in [0, 0.05) is 19.0 Å². The molecular weight excluding hydrogens is 318 g/mol. The van der Waals surface area contributed by atoms with Gasteiger partial charge in [-0.05, 0) is 35.9 Å². The van der Waals surface area contributed by atoms with Gasteiger partial charge in [-0.2, -0.15) is 0 Å². The standard InChI is InChI=1S/C16H17N.C4H4O4/c1-17-11-14-9-5-6-10-15(14)16(12-17)13-7-3-2-4-8-13;5-3(6)1-2-4(7)8/h2-10,16H,11-12H2,1H3;1-2H,(H,5,6)(H,7,8)/p-2/b;2-1-. The topological polar surface area (TPSA) is 83.5 Å². The maximum Gasteiger partial charge on any atom is 0.0643 e. The number of hydrogen-bond donors (Lipinski definition) is 0. The first kappa shape index (κ1) is 18.4. The molecule has 0 bridgehead atoms. The van der Waals surface area contributed by atoms with Crippen LogP contribution in [0.15, 0.2) is 66.7 Å². The minimum absolute atomic E-state index is 0.384. The highest BCUT2D eigenvalue weighted by Gasteiger charge is 2.23. The highest BCUT2D eigenvalue weighted by Crippen LogP contribution is 2.32. The molecule has 1 aliphatic heterocycles. The molecule has 0 aromatic heterocycles. The molecule has 0 aliphatic carbocycles. The second-order valence-corrected chi connectivity index (χ2v) is 5.83. The molecule has 0 N–H and O–H groups in total. The van der Waals surface area contributed by atoms with E-state index in [-0.39, 0.29) is 0 Å². The van der Waals surface area contributed by atoms with Crippen LogP contribution in [0.3, 0.4) is 0 Å². The van der Waals surface area contributed by atoms with Gasteiger partial charge in [0.15, 0.2) is 0 Å². The third-order valence-corrected chi connectivity index (χ3v) is 3.92. The summed E-state index contributed by atoms with van der Waals surface area (Å²) in [5.74, 6) is -2.57. The number of aliphatic carboxylic acids is 2. The van der Waals surface area contributed by atoms with E-state index in [1.165, 1.54) is 16.7 Å². The van der Waals surface area contributed by atoms with Crippen molar-refractivity contribution in [3.63, 3.8) is 0 Å². The fourth-order valence-electron chi connectivity index (χ4n) is 2.89. The van der Waals surface area contributed by atoms with Crippen molar-refractivity contribution in [2.45, 2.75) is 12.5 Å². The van der Waals surface area contributed by atoms with E-state index in [0.29, 0.717) is 18.1 Å². The second-order valence-electron chi connectivity index (χ2n) is 5.83. The van der Waals surface area contributed by atoms with E-state index < -0.39 is 11.9 Å². The lowest BCUT2D eigenvalue weighted by molar-refractivity contribution is -0.301. The Balaban J connectivity index is 0.000000242. The minimum atomic E-state index is -1.55. The molecule has 1 heterocycles. The molecule has 0 saturated heterocycles. The summed E-state index contributed by atoms with van der Waals surface area (Å²) in [6.45, 7) is 2.18. The Labute approximate surface area is 146 Å². The molecule has 0 spiro atoms. The van der Waals surface area contributed by atoms with Crippen LogP contribution in [-0.2, 0) is 16.1 Å². The Kier molecular flexibility index (Phi) is 6.48. The van der Waals surface area contributed by atoms with Gasteiger partial charge in [-0.3, -0.25) is 0 Å². The van der Waals surface area contributed by atoms with E-state index in [4.69, 9.17) is 0 Å². The normalized spacial score (nSPS) is 16.6. The average Bonchev–Trinajstić information content (AvgIpc) is 2.60. The molecule has 0 amide bonds. The van der Waals surface area contributed by atoms with Crippen molar-refractivity contribution in [1.29, 1.82) is 0 Å². The van der Waals surface area contributed by atoms with Crippen LogP contribution in [0.25, 0.3) is 0 Å². The summed E-state index contributed by atoms with van der Waals surface area (Å²) in [4.78, 5) is 21.2. The third-order valence-electron chi connectivity index (χ3n) is 3.92. The number of hydrogen-bond acceptors (Lipinski definition) is 5. The van der Waals surface area contributed by atoms with Gasteiger partial charge in [-0.25, -0.2) is 0 Å². The van der Waals surface area contributed by atoms with E-state index in [1.54, 1.807) is 0 Å². The van der Waals surface area contributed by atoms with Crippen LogP contribution in [0.2, 0.25) is 0 Å². The molecule has 1 unspecified atom stereocenters. The first-order chi connectivity index (χ1) is 12.0. The van der Waals surface area contributed by atoms with E-state index >= 15 is 0 Å². The molecule has 1 atom stereocenters. The minimum Gasteiger partial charge on any atom is -0.545 e. The zero-order chi connectivity index (χ0) is 18.2. The summed E-state index contributed by atoms with van der Waals surface area (Å²) in [6.07, 6.45) is 0.769. The van der Waals surface area contributed by atoms with Crippen molar-refractivity contribution in [3.8, 4) is 0 Å². The Morgan fingerprint density at radius 3 is 2.12 bits per heavy atom. The zero-order valence-electron chi connectivity index (χ0n) is 13.9. The molecule has 3 rings (SSSR count). The molecule has 25 heavy (non-hydrogen) atoms. The number of benzene rings is 2. The van der Waals surface area contributed by atoms with Gasteiger partial charge in [0.1, 0.15) is 0 Å². The van der Waals surface area contributed by atoms with Gasteiger partial charge in [0.2, 0.25) is 0 Å². The monoisotopic (exact) mass is 337 g/mol. The lowest BCUT2D eigenvalue weighted by Gasteiger charge is -2.32. The summed E-state index contributed by atoms with van der Waals surface area (Å²) in [5, 5.41) is 18.8. The van der Waals surface area contributed by atoms with E-state index in [1.807, 2.05) is 0 Å². The maximum atomic E-state index is 9.41. The highest BCUT2D eigenvalue weighted by atomic mass is 16.4. The van der Waals surface area contributed by atoms with Crippen molar-refractivity contribution in [2.24, 2.45) is 0 Å². The van der Waals surface area contributed by atoms with Gasteiger partial charge in [0.05, 0.1) is 11.9 Å². The summed E-state index contributed by atoms with van der Waals surface area (Å²) < 4.78 is 0. The number of rotatable bonds is 3. The van der Waals surface area contributed by atoms with Crippen molar-refractivity contribution in [3.05, 3.63) is 83.4 Å². The number of carboxylic acids is 2. The Bertz CT molecular complexity index is 739. The molecule has 5 nitrogen and oxygen atoms in total. The van der Waals surface area contributed by atoms with Crippen LogP contribution in [-0.4, -0.2) is 30.4 Å². The van der Waals surface area contributed by atoms with Crippen LogP contribution >= 0.6 is 0 Å². The van der Waals surface area contributed by atoms with Gasteiger partial charge in [-0.15, -0.1) is 0 Å². The predicted molar refractivity (Wildman–Crippen MR) is 90.2 cm³/mol. The number of carboxylic acid groups (broad SMARTS) is 2. The van der Waals surface area contributed by atoms with Crippen molar-refractivity contribution in [2.75, 3.05) is 13.6 Å². The predicted octanol–water partition coefficient (Wildman–Crippen LogP) is 0.306. The quantitative estimate of drug-likeness (QED) is 0.753. The van der Waals surface area contributed by atoms with Crippen molar-refractivity contribution >= 4 is 11.9 Å². The van der Waals surface area contributed by atoms with Gasteiger partial charge >= 0.3 is 0 Å². The summed E-state index contributed by atoms with van der Waals surface area (Å²) >= 11 is 0. The lowest BCUT2D eigenvalue weighted by atomic mass is 9.85. The molecular formula is C20H19NO4-2. The van der Waals surface area contributed by atoms with Crippen LogP contribution in [0, 0.1) is 0 Å². The Morgan fingerprint density at radius 2 is 1.52 bits per heavy atom. The molecule has 0 radical (unpaired) electrons. The fraction of sp³-hybridized carbons (Fsp3) is 0.200. The van der Waals surface area contributed by atoms with Crippen LogP contribution < -0.4 is 10.2 Å². The first-order valence-corrected chi connectivity index (χ1v) is 7.88. The van der Waals surface area contributed by atoms with Gasteiger partial charge in [-0.1, -0.05) is 54.6 Å². The van der Waals surface area contributed by atoms with Crippen molar-refractivity contribution in [1.82, 2.24) is 4.90 Å². The Hall–Kier alpha value is -2.92. The largest absolute Gasteiger partial charge is 0.545 e. The molecule has 2 aromatic carbocycles. The van der Waals surface area contributed by atoms with Gasteiger partial charge < -0.3 is 24.7 Å². The molecule has 1 aliphatic rings. The first-order valence-electron chi connectivity index (χ1n) is 7.88. The maximum absolute atomic E-state index is 9.41. The molecule has 2 aromatic rings. The lowest BCUT2D eigenvalue weighted by Crippen LogP contribution is -2.30. The number of fused-ring (bicyclic) bond motifs is 1. The third kappa shape index (κ3) is 5.58. The highest BCUT2D eigenvalue weighted by molar-refractivity contribution is 5.87. The van der Waals surface area contributed by atoms with E-state index in [0.717, 1.165) is 13.1 Å². The summed E-state index contributed by atoms with van der Waals surface area (Å²) in [7, 11) is 2.20. The molecule has 0 fully saturated rings. The molecule has 130 valence electrons. The Morgan fingerprint density at radius 1 is 0.960 bits per heavy atom. The number of nitrogens with zero attached hydrogens (tertiary/aromatic N) is 1. The van der Waals surface area contributed by atoms with Crippen LogP contribution in [0.4, 0.5) is 0 Å². The second kappa shape index (κ2) is 8.80. The van der Waals surface area contributed by atoms with E-state index in [9.17, 15) is 19.8 Å². The summed E-state index contributed by atoms with van der Waals surface area (Å²) in [5.41, 5.74) is 4.39. The number of carbonyl (C=O) groups is 2. The zero-order valence-corrected chi connectivity index (χ0v) is 13.9. The van der Waals surface area contributed by atoms with Crippen LogP contribution in [0.1, 0.15) is 22.6 Å². The molecule has 5 heteroatoms. The van der Waals surface area contributed by atoms with Crippen LogP contribution in [0.5, 0.6) is 0 Å². The SMILES string of the molecule is CN1Cc2ccccc2C(c2ccccc2)C1.O=C([O-])/C=C\C(=O)[O-]. The smallest absolute Gasteiger partial charge is 0.0643 e. The van der Waals surface area contributed by atoms with E-state index in [2.05, 4.69) is 66.5 Å². The van der Waals surface area contributed by atoms with Gasteiger partial charge in [0.25, 0.3) is 0 Å². The van der Waals surface area contributed by atoms with Crippen molar-refractivity contribution < 1.29 is 19.8 Å². The number of carbonyl (C=O) groups excluding carboxylic acids is 2. The summed E-state index contributed by atoms with van der Waals surface area (Å²) in [6, 6.07) is 19.6. The fourth-order valence-corrected chi connectivity index (χ4v) is 2.89. The molecule has 0 saturated carbocycles.